The summed E-state index contributed by atoms with van der Waals surface area (Å²) in [4.78, 5) is 23.3. The number of hydrogen-bond donors (Lipinski definition) is 0. The van der Waals surface area contributed by atoms with E-state index in [1.165, 1.54) is 0 Å². The molecule has 2 aliphatic rings. The first-order chi connectivity index (χ1) is 9.25. The predicted octanol–water partition coefficient (Wildman–Crippen LogP) is 2.76. The summed E-state index contributed by atoms with van der Waals surface area (Å²) in [5.74, 6) is -0.109. The number of cyclic esters (lactones) is 1. The normalized spacial score (nSPS) is 31.8. The number of fused-ring (bicyclic) bond motifs is 1. The van der Waals surface area contributed by atoms with E-state index in [1.54, 1.807) is 0 Å². The second-order valence-electron chi connectivity index (χ2n) is 5.30. The Morgan fingerprint density at radius 1 is 0.947 bits per heavy atom. The zero-order valence-electron chi connectivity index (χ0n) is 11.3. The summed E-state index contributed by atoms with van der Waals surface area (Å²) in [7, 11) is 0. The summed E-state index contributed by atoms with van der Waals surface area (Å²) in [6.07, 6.45) is 10.1. The van der Waals surface area contributed by atoms with Gasteiger partial charge in [-0.1, -0.05) is 18.6 Å². The van der Waals surface area contributed by atoms with Gasteiger partial charge in [0.1, 0.15) is 6.10 Å². The van der Waals surface area contributed by atoms with Gasteiger partial charge in [0.15, 0.2) is 0 Å². The molecule has 2 rings (SSSR count). The second kappa shape index (κ2) is 7.31. The Morgan fingerprint density at radius 3 is 2.42 bits per heavy atom. The molecule has 0 aromatic rings. The summed E-state index contributed by atoms with van der Waals surface area (Å²) < 4.78 is 10.8. The van der Waals surface area contributed by atoms with Crippen LogP contribution in [-0.2, 0) is 19.1 Å². The monoisotopic (exact) mass is 266 g/mol. The van der Waals surface area contributed by atoms with E-state index in [0.29, 0.717) is 32.3 Å². The van der Waals surface area contributed by atoms with Crippen molar-refractivity contribution in [2.75, 3.05) is 6.61 Å². The SMILES string of the molecule is O=C1CC/C=C/CCC(=O)O[C@H]2CCCC[C@H]2CO1. The number of rotatable bonds is 0. The van der Waals surface area contributed by atoms with Gasteiger partial charge in [-0.3, -0.25) is 9.59 Å². The maximum absolute atomic E-state index is 11.7. The molecular formula is C15H22O4. The standard InChI is InChI=1S/C15H22O4/c16-14-9-3-1-2-4-10-15(17)19-13-8-6-5-7-12(13)11-18-14/h1-2,12-13H,3-11H2/b2-1+/t12-,13-/m0/s1. The molecule has 0 bridgehead atoms. The second-order valence-corrected chi connectivity index (χ2v) is 5.30. The lowest BCUT2D eigenvalue weighted by atomic mass is 9.87. The Balaban J connectivity index is 1.98. The largest absolute Gasteiger partial charge is 0.465 e. The Labute approximate surface area is 114 Å². The van der Waals surface area contributed by atoms with Crippen molar-refractivity contribution in [3.63, 3.8) is 0 Å². The zero-order valence-corrected chi connectivity index (χ0v) is 11.3. The van der Waals surface area contributed by atoms with Gasteiger partial charge in [-0.25, -0.2) is 0 Å². The van der Waals surface area contributed by atoms with Crippen molar-refractivity contribution < 1.29 is 19.1 Å². The van der Waals surface area contributed by atoms with Gasteiger partial charge in [-0.05, 0) is 32.1 Å². The first-order valence-corrected chi connectivity index (χ1v) is 7.26. The third-order valence-electron chi connectivity index (χ3n) is 3.78. The molecule has 1 saturated carbocycles. The van der Waals surface area contributed by atoms with E-state index in [-0.39, 0.29) is 24.0 Å². The molecule has 4 heteroatoms. The third kappa shape index (κ3) is 4.69. The average Bonchev–Trinajstić information content (AvgIpc) is 2.42. The minimum atomic E-state index is -0.153. The quantitative estimate of drug-likeness (QED) is 0.499. The summed E-state index contributed by atoms with van der Waals surface area (Å²) in [5.41, 5.74) is 0. The molecule has 1 aliphatic heterocycles. The molecule has 4 nitrogen and oxygen atoms in total. The maximum atomic E-state index is 11.7. The van der Waals surface area contributed by atoms with Crippen LogP contribution in [0.5, 0.6) is 0 Å². The van der Waals surface area contributed by atoms with E-state index >= 15 is 0 Å². The highest BCUT2D eigenvalue weighted by molar-refractivity contribution is 5.70. The number of allylic oxidation sites excluding steroid dienone is 2. The molecule has 1 heterocycles. The Morgan fingerprint density at radius 2 is 1.63 bits per heavy atom. The summed E-state index contributed by atoms with van der Waals surface area (Å²) >= 11 is 0. The number of esters is 2. The van der Waals surface area contributed by atoms with Crippen LogP contribution in [0.2, 0.25) is 0 Å². The predicted molar refractivity (Wildman–Crippen MR) is 70.4 cm³/mol. The summed E-state index contributed by atoms with van der Waals surface area (Å²) in [6, 6.07) is 0. The smallest absolute Gasteiger partial charge is 0.306 e. The van der Waals surface area contributed by atoms with Crippen LogP contribution in [0.15, 0.2) is 12.2 Å². The molecule has 2 atom stereocenters. The van der Waals surface area contributed by atoms with E-state index in [0.717, 1.165) is 25.7 Å². The third-order valence-corrected chi connectivity index (χ3v) is 3.78. The highest BCUT2D eigenvalue weighted by atomic mass is 16.6. The molecule has 106 valence electrons. The van der Waals surface area contributed by atoms with Crippen LogP contribution in [0.4, 0.5) is 0 Å². The van der Waals surface area contributed by atoms with Crippen LogP contribution in [0.25, 0.3) is 0 Å². The highest BCUT2D eigenvalue weighted by Gasteiger charge is 2.29. The minimum Gasteiger partial charge on any atom is -0.465 e. The fourth-order valence-corrected chi connectivity index (χ4v) is 2.66. The van der Waals surface area contributed by atoms with Crippen molar-refractivity contribution in [2.24, 2.45) is 5.92 Å². The molecule has 0 amide bonds. The van der Waals surface area contributed by atoms with Gasteiger partial charge in [-0.2, -0.15) is 0 Å². The molecule has 0 unspecified atom stereocenters. The first kappa shape index (κ1) is 14.1. The number of carbonyl (C=O) groups is 2. The average molecular weight is 266 g/mol. The molecule has 1 aliphatic carbocycles. The molecule has 0 radical (unpaired) electrons. The van der Waals surface area contributed by atoms with Crippen molar-refractivity contribution in [3.05, 3.63) is 12.2 Å². The van der Waals surface area contributed by atoms with Gasteiger partial charge >= 0.3 is 11.9 Å². The van der Waals surface area contributed by atoms with Crippen LogP contribution in [0, 0.1) is 5.92 Å². The van der Waals surface area contributed by atoms with Crippen LogP contribution in [-0.4, -0.2) is 24.6 Å². The Bertz CT molecular complexity index is 348. The van der Waals surface area contributed by atoms with Crippen molar-refractivity contribution in [2.45, 2.75) is 57.5 Å². The lowest BCUT2D eigenvalue weighted by molar-refractivity contribution is -0.157. The van der Waals surface area contributed by atoms with Crippen LogP contribution in [0.3, 0.4) is 0 Å². The van der Waals surface area contributed by atoms with Crippen LogP contribution < -0.4 is 0 Å². The van der Waals surface area contributed by atoms with Crippen molar-refractivity contribution in [1.29, 1.82) is 0 Å². The van der Waals surface area contributed by atoms with Crippen molar-refractivity contribution >= 4 is 11.9 Å². The van der Waals surface area contributed by atoms with Gasteiger partial charge in [0.2, 0.25) is 0 Å². The van der Waals surface area contributed by atoms with E-state index in [2.05, 4.69) is 0 Å². The molecule has 19 heavy (non-hydrogen) atoms. The van der Waals surface area contributed by atoms with E-state index in [4.69, 9.17) is 9.47 Å². The maximum Gasteiger partial charge on any atom is 0.306 e. The van der Waals surface area contributed by atoms with Gasteiger partial charge in [0.25, 0.3) is 0 Å². The molecule has 0 saturated heterocycles. The Kier molecular flexibility index (Phi) is 5.43. The fraction of sp³-hybridized carbons (Fsp3) is 0.733. The lowest BCUT2D eigenvalue weighted by Gasteiger charge is -2.30. The molecule has 1 fully saturated rings. The lowest BCUT2D eigenvalue weighted by Crippen LogP contribution is -2.33. The number of hydrogen-bond acceptors (Lipinski definition) is 4. The summed E-state index contributed by atoms with van der Waals surface area (Å²) in [6.45, 7) is 0.389. The zero-order chi connectivity index (χ0) is 13.5. The van der Waals surface area contributed by atoms with Crippen LogP contribution in [0.1, 0.15) is 51.4 Å². The molecule has 0 N–H and O–H groups in total. The van der Waals surface area contributed by atoms with E-state index in [1.807, 2.05) is 12.2 Å². The first-order valence-electron chi connectivity index (χ1n) is 7.26. The highest BCUT2D eigenvalue weighted by Crippen LogP contribution is 2.28. The minimum absolute atomic E-state index is 0.0706. The molecule has 0 aromatic heterocycles. The van der Waals surface area contributed by atoms with E-state index < -0.39 is 0 Å². The van der Waals surface area contributed by atoms with Crippen molar-refractivity contribution in [3.8, 4) is 0 Å². The Hall–Kier alpha value is -1.32. The molecule has 0 aromatic carbocycles. The van der Waals surface area contributed by atoms with Gasteiger partial charge < -0.3 is 9.47 Å². The van der Waals surface area contributed by atoms with E-state index in [9.17, 15) is 9.59 Å². The van der Waals surface area contributed by atoms with Crippen molar-refractivity contribution in [1.82, 2.24) is 0 Å². The number of carbonyl (C=O) groups excluding carboxylic acids is 2. The van der Waals surface area contributed by atoms with Gasteiger partial charge in [0.05, 0.1) is 6.61 Å². The van der Waals surface area contributed by atoms with Gasteiger partial charge in [0, 0.05) is 18.8 Å². The summed E-state index contributed by atoms with van der Waals surface area (Å²) in [5, 5.41) is 0. The molecule has 0 spiro atoms. The van der Waals surface area contributed by atoms with Gasteiger partial charge in [-0.15, -0.1) is 0 Å². The topological polar surface area (TPSA) is 52.6 Å². The van der Waals surface area contributed by atoms with Crippen LogP contribution >= 0.6 is 0 Å². The number of ether oxygens (including phenoxy) is 2. The molecular weight excluding hydrogens is 244 g/mol. The fourth-order valence-electron chi connectivity index (χ4n) is 2.66.